The fourth-order valence-electron chi connectivity index (χ4n) is 3.82. The van der Waals surface area contributed by atoms with E-state index in [0.717, 1.165) is 27.7 Å². The van der Waals surface area contributed by atoms with Crippen LogP contribution in [0.2, 0.25) is 0 Å². The number of hydrogen-bond acceptors (Lipinski definition) is 1. The van der Waals surface area contributed by atoms with Crippen LogP contribution < -0.4 is 4.90 Å². The Morgan fingerprint density at radius 2 is 1.59 bits per heavy atom. The van der Waals surface area contributed by atoms with E-state index in [2.05, 4.69) is 29.3 Å². The molecule has 3 nitrogen and oxygen atoms in total. The van der Waals surface area contributed by atoms with Gasteiger partial charge in [0.25, 0.3) is 5.91 Å². The molecule has 2 heterocycles. The van der Waals surface area contributed by atoms with Crippen molar-refractivity contribution in [2.45, 2.75) is 6.04 Å². The van der Waals surface area contributed by atoms with Gasteiger partial charge < -0.3 is 4.98 Å². The van der Waals surface area contributed by atoms with Crippen LogP contribution in [0.4, 0.5) is 5.69 Å². The molecule has 0 bridgehead atoms. The largest absolute Gasteiger partial charge is 0.361 e. The van der Waals surface area contributed by atoms with Gasteiger partial charge in [0.05, 0.1) is 11.7 Å². The van der Waals surface area contributed by atoms with Gasteiger partial charge in [-0.2, -0.15) is 0 Å². The summed E-state index contributed by atoms with van der Waals surface area (Å²) >= 11 is 0. The molecule has 4 aromatic rings. The molecule has 3 heteroatoms. The molecular formula is C24H18N2O. The number of aromatic amines is 1. The highest BCUT2D eigenvalue weighted by molar-refractivity contribution is 6.09. The van der Waals surface area contributed by atoms with Crippen molar-refractivity contribution in [2.75, 3.05) is 4.90 Å². The number of rotatable bonds is 2. The van der Waals surface area contributed by atoms with Gasteiger partial charge in [0.1, 0.15) is 0 Å². The molecule has 130 valence electrons. The lowest BCUT2D eigenvalue weighted by Crippen LogP contribution is -2.36. The first-order chi connectivity index (χ1) is 13.3. The number of carbonyl (C=O) groups excluding carboxylic acids is 1. The maximum atomic E-state index is 13.5. The Balaban J connectivity index is 1.69. The average molecular weight is 350 g/mol. The van der Waals surface area contributed by atoms with E-state index < -0.39 is 0 Å². The first kappa shape index (κ1) is 15.6. The molecule has 1 aliphatic heterocycles. The predicted octanol–water partition coefficient (Wildman–Crippen LogP) is 5.58. The summed E-state index contributed by atoms with van der Waals surface area (Å²) in [6, 6.07) is 25.6. The lowest BCUT2D eigenvalue weighted by molar-refractivity contribution is 0.0980. The maximum Gasteiger partial charge on any atom is 0.259 e. The van der Waals surface area contributed by atoms with Crippen molar-refractivity contribution < 1.29 is 4.79 Å². The second kappa shape index (κ2) is 6.29. The Hall–Kier alpha value is -3.59. The number of hydrogen-bond donors (Lipinski definition) is 1. The van der Waals surface area contributed by atoms with Gasteiger partial charge in [-0.25, -0.2) is 0 Å². The summed E-state index contributed by atoms with van der Waals surface area (Å²) < 4.78 is 0. The monoisotopic (exact) mass is 350 g/mol. The van der Waals surface area contributed by atoms with Crippen molar-refractivity contribution in [1.82, 2.24) is 4.98 Å². The average Bonchev–Trinajstić information content (AvgIpc) is 3.17. The van der Waals surface area contributed by atoms with Crippen molar-refractivity contribution >= 4 is 28.6 Å². The van der Waals surface area contributed by atoms with Crippen LogP contribution in [0.15, 0.2) is 91.1 Å². The number of nitrogens with one attached hydrogen (secondary N) is 1. The summed E-state index contributed by atoms with van der Waals surface area (Å²) in [5.74, 6) is 0.00248. The minimum Gasteiger partial charge on any atom is -0.361 e. The van der Waals surface area contributed by atoms with Crippen LogP contribution in [0.5, 0.6) is 0 Å². The minimum absolute atomic E-state index is 0.00248. The summed E-state index contributed by atoms with van der Waals surface area (Å²) in [4.78, 5) is 18.7. The number of nitrogens with zero attached hydrogens (tertiary/aromatic N) is 1. The van der Waals surface area contributed by atoms with E-state index in [0.29, 0.717) is 5.56 Å². The van der Waals surface area contributed by atoms with E-state index in [1.807, 2.05) is 77.8 Å². The molecule has 0 radical (unpaired) electrons. The number of aromatic nitrogens is 1. The molecule has 0 aliphatic carbocycles. The molecule has 1 aromatic heterocycles. The molecule has 0 unspecified atom stereocenters. The third-order valence-corrected chi connectivity index (χ3v) is 5.11. The van der Waals surface area contributed by atoms with Crippen LogP contribution in [0.1, 0.15) is 27.5 Å². The van der Waals surface area contributed by atoms with Crippen molar-refractivity contribution in [1.29, 1.82) is 0 Å². The Labute approximate surface area is 157 Å². The first-order valence-corrected chi connectivity index (χ1v) is 9.05. The van der Waals surface area contributed by atoms with E-state index >= 15 is 0 Å². The lowest BCUT2D eigenvalue weighted by Gasteiger charge is -2.34. The van der Waals surface area contributed by atoms with Gasteiger partial charge in [-0.15, -0.1) is 0 Å². The van der Waals surface area contributed by atoms with Crippen LogP contribution in [0.3, 0.4) is 0 Å². The van der Waals surface area contributed by atoms with Gasteiger partial charge in [0, 0.05) is 28.2 Å². The molecule has 1 aliphatic rings. The molecule has 5 rings (SSSR count). The Kier molecular flexibility index (Phi) is 3.65. The van der Waals surface area contributed by atoms with Gasteiger partial charge in [0.15, 0.2) is 0 Å². The van der Waals surface area contributed by atoms with Crippen molar-refractivity contribution in [3.05, 3.63) is 108 Å². The van der Waals surface area contributed by atoms with Crippen LogP contribution in [-0.2, 0) is 0 Å². The highest BCUT2D eigenvalue weighted by Crippen LogP contribution is 2.39. The number of H-pyrrole nitrogens is 1. The zero-order valence-corrected chi connectivity index (χ0v) is 14.7. The Morgan fingerprint density at radius 1 is 0.852 bits per heavy atom. The van der Waals surface area contributed by atoms with Crippen LogP contribution in [0, 0.1) is 0 Å². The number of amides is 1. The van der Waals surface area contributed by atoms with E-state index in [9.17, 15) is 4.79 Å². The number of anilines is 1. The maximum absolute atomic E-state index is 13.5. The molecule has 0 saturated carbocycles. The van der Waals surface area contributed by atoms with Gasteiger partial charge in [0.2, 0.25) is 0 Å². The first-order valence-electron chi connectivity index (χ1n) is 9.05. The summed E-state index contributed by atoms with van der Waals surface area (Å²) in [7, 11) is 0. The van der Waals surface area contributed by atoms with Crippen molar-refractivity contribution in [2.24, 2.45) is 0 Å². The second-order valence-corrected chi connectivity index (χ2v) is 6.69. The Bertz CT molecular complexity index is 1160. The summed E-state index contributed by atoms with van der Waals surface area (Å²) in [6.45, 7) is 0. The lowest BCUT2D eigenvalue weighted by atomic mass is 9.96. The minimum atomic E-state index is -0.163. The number of para-hydroxylation sites is 2. The van der Waals surface area contributed by atoms with E-state index in [1.54, 1.807) is 0 Å². The summed E-state index contributed by atoms with van der Waals surface area (Å²) in [6.07, 6.45) is 6.23. The molecular weight excluding hydrogens is 332 g/mol. The number of benzene rings is 3. The Morgan fingerprint density at radius 3 is 2.48 bits per heavy atom. The van der Waals surface area contributed by atoms with Crippen molar-refractivity contribution in [3.63, 3.8) is 0 Å². The van der Waals surface area contributed by atoms with Gasteiger partial charge in [-0.1, -0.05) is 66.7 Å². The van der Waals surface area contributed by atoms with Crippen LogP contribution >= 0.6 is 0 Å². The molecule has 27 heavy (non-hydrogen) atoms. The third kappa shape index (κ3) is 2.56. The molecule has 0 spiro atoms. The van der Waals surface area contributed by atoms with Crippen LogP contribution in [0.25, 0.3) is 17.0 Å². The quantitative estimate of drug-likeness (QED) is 0.503. The summed E-state index contributed by atoms with van der Waals surface area (Å²) in [5, 5.41) is 1.14. The SMILES string of the molecule is O=C(c1ccccc1)N1c2ccccc2C=C[C@@H]1c1c[nH]c2ccccc12. The molecule has 1 atom stereocenters. The van der Waals surface area contributed by atoms with Gasteiger partial charge in [-0.05, 0) is 29.8 Å². The summed E-state index contributed by atoms with van der Waals surface area (Å²) in [5.41, 5.74) is 4.85. The predicted molar refractivity (Wildman–Crippen MR) is 110 cm³/mol. The van der Waals surface area contributed by atoms with Gasteiger partial charge >= 0.3 is 0 Å². The smallest absolute Gasteiger partial charge is 0.259 e. The zero-order valence-electron chi connectivity index (χ0n) is 14.7. The topological polar surface area (TPSA) is 36.1 Å². The third-order valence-electron chi connectivity index (χ3n) is 5.11. The molecule has 0 saturated heterocycles. The molecule has 1 amide bonds. The molecule has 0 fully saturated rings. The highest BCUT2D eigenvalue weighted by Gasteiger charge is 2.31. The molecule has 3 aromatic carbocycles. The fourth-order valence-corrected chi connectivity index (χ4v) is 3.82. The fraction of sp³-hybridized carbons (Fsp3) is 0.0417. The zero-order chi connectivity index (χ0) is 18.2. The van der Waals surface area contributed by atoms with Crippen molar-refractivity contribution in [3.8, 4) is 0 Å². The van der Waals surface area contributed by atoms with E-state index in [4.69, 9.17) is 0 Å². The second-order valence-electron chi connectivity index (χ2n) is 6.69. The van der Waals surface area contributed by atoms with E-state index in [1.165, 1.54) is 0 Å². The highest BCUT2D eigenvalue weighted by atomic mass is 16.2. The number of carbonyl (C=O) groups is 1. The molecule has 1 N–H and O–H groups in total. The van der Waals surface area contributed by atoms with Gasteiger partial charge in [-0.3, -0.25) is 9.69 Å². The van der Waals surface area contributed by atoms with Crippen LogP contribution in [-0.4, -0.2) is 10.9 Å². The number of fused-ring (bicyclic) bond motifs is 2. The van der Waals surface area contributed by atoms with E-state index in [-0.39, 0.29) is 11.9 Å². The standard InChI is InChI=1S/C24H18N2O/c27-24(18-9-2-1-3-10-18)26-22-13-7-4-8-17(22)14-15-23(26)20-16-25-21-12-6-5-11-19(20)21/h1-16,23,25H/t23-/m1/s1. The normalized spacial score (nSPS) is 15.7.